The Morgan fingerprint density at radius 1 is 1.55 bits per heavy atom. The smallest absolute Gasteiger partial charge is 0.393 e. The lowest BCUT2D eigenvalue weighted by molar-refractivity contribution is -0.0938. The first-order valence-corrected chi connectivity index (χ1v) is 2.93. The van der Waals surface area contributed by atoms with Gasteiger partial charge in [-0.15, -0.1) is 0 Å². The number of hydrazine groups is 1. The fourth-order valence-electron chi connectivity index (χ4n) is 0.343. The number of halogens is 3. The molecule has 0 spiro atoms. The minimum Gasteiger partial charge on any atom is -0.393 e. The Balaban J connectivity index is 4.22. The summed E-state index contributed by atoms with van der Waals surface area (Å²) in [6.07, 6.45) is -3.84. The Morgan fingerprint density at radius 3 is 2.27 bits per heavy atom. The minimum atomic E-state index is -4.49. The molecule has 0 rings (SSSR count). The number of nitrogens with zero attached hydrogens (tertiary/aromatic N) is 1. The van der Waals surface area contributed by atoms with Crippen LogP contribution in [0.1, 0.15) is 6.92 Å². The van der Waals surface area contributed by atoms with E-state index >= 15 is 0 Å². The normalized spacial score (nSPS) is 13.4. The lowest BCUT2D eigenvalue weighted by atomic mass is 10.5. The SMILES string of the molecule is CCN(N)/C=C(\N)C(F)(F)F. The number of hydrogen-bond acceptors (Lipinski definition) is 3. The van der Waals surface area contributed by atoms with Crippen molar-refractivity contribution in [1.29, 1.82) is 0 Å². The molecule has 0 bridgehead atoms. The minimum absolute atomic E-state index is 0.275. The van der Waals surface area contributed by atoms with Gasteiger partial charge >= 0.3 is 6.18 Å². The Kier molecular flexibility index (Phi) is 3.18. The second-order valence-corrected chi connectivity index (χ2v) is 1.91. The van der Waals surface area contributed by atoms with Crippen molar-refractivity contribution in [3.8, 4) is 0 Å². The van der Waals surface area contributed by atoms with Crippen LogP contribution in [0.2, 0.25) is 0 Å². The first-order valence-electron chi connectivity index (χ1n) is 2.93. The van der Waals surface area contributed by atoms with Crippen LogP contribution in [0.5, 0.6) is 0 Å². The molecule has 0 aromatic carbocycles. The van der Waals surface area contributed by atoms with Crippen molar-refractivity contribution in [2.24, 2.45) is 11.6 Å². The first-order chi connectivity index (χ1) is 4.88. The third-order valence-electron chi connectivity index (χ3n) is 0.997. The average Bonchev–Trinajstić information content (AvgIpc) is 1.85. The zero-order chi connectivity index (χ0) is 9.07. The van der Waals surface area contributed by atoms with Crippen LogP contribution in [-0.4, -0.2) is 17.7 Å². The van der Waals surface area contributed by atoms with Crippen LogP contribution in [0.4, 0.5) is 13.2 Å². The summed E-state index contributed by atoms with van der Waals surface area (Å²) in [4.78, 5) is 0. The van der Waals surface area contributed by atoms with E-state index in [-0.39, 0.29) is 6.54 Å². The summed E-state index contributed by atoms with van der Waals surface area (Å²) < 4.78 is 35.0. The number of alkyl halides is 3. The lowest BCUT2D eigenvalue weighted by Gasteiger charge is -2.13. The van der Waals surface area contributed by atoms with Gasteiger partial charge in [-0.1, -0.05) is 0 Å². The fraction of sp³-hybridized carbons (Fsp3) is 0.600. The van der Waals surface area contributed by atoms with Gasteiger partial charge in [0.2, 0.25) is 0 Å². The molecule has 0 atom stereocenters. The van der Waals surface area contributed by atoms with Crippen LogP contribution < -0.4 is 11.6 Å². The lowest BCUT2D eigenvalue weighted by Crippen LogP contribution is -2.29. The van der Waals surface area contributed by atoms with Crippen molar-refractivity contribution in [3.05, 3.63) is 11.9 Å². The van der Waals surface area contributed by atoms with E-state index in [9.17, 15) is 13.2 Å². The molecule has 0 radical (unpaired) electrons. The number of nitrogens with two attached hydrogens (primary N) is 2. The maximum Gasteiger partial charge on any atom is 0.432 e. The van der Waals surface area contributed by atoms with E-state index in [1.54, 1.807) is 6.92 Å². The number of hydrogen-bond donors (Lipinski definition) is 2. The van der Waals surface area contributed by atoms with E-state index in [0.29, 0.717) is 6.20 Å². The molecule has 0 unspecified atom stereocenters. The van der Waals surface area contributed by atoms with Gasteiger partial charge in [0, 0.05) is 12.7 Å². The van der Waals surface area contributed by atoms with Gasteiger partial charge in [0.05, 0.1) is 0 Å². The van der Waals surface area contributed by atoms with Gasteiger partial charge < -0.3 is 10.7 Å². The van der Waals surface area contributed by atoms with Gasteiger partial charge in [-0.05, 0) is 6.92 Å². The molecule has 0 aromatic heterocycles. The van der Waals surface area contributed by atoms with Gasteiger partial charge in [0.25, 0.3) is 0 Å². The van der Waals surface area contributed by atoms with E-state index in [0.717, 1.165) is 5.01 Å². The molecule has 3 nitrogen and oxygen atoms in total. The summed E-state index contributed by atoms with van der Waals surface area (Å²) in [7, 11) is 0. The molecule has 0 heterocycles. The molecular weight excluding hydrogens is 159 g/mol. The molecular formula is C5H10F3N3. The highest BCUT2D eigenvalue weighted by Crippen LogP contribution is 2.20. The van der Waals surface area contributed by atoms with Crippen molar-refractivity contribution in [2.45, 2.75) is 13.1 Å². The van der Waals surface area contributed by atoms with E-state index < -0.39 is 11.9 Å². The summed E-state index contributed by atoms with van der Waals surface area (Å²) in [5, 5.41) is 0.864. The molecule has 0 amide bonds. The molecule has 0 aliphatic carbocycles. The quantitative estimate of drug-likeness (QED) is 0.468. The Hall–Kier alpha value is -0.910. The summed E-state index contributed by atoms with van der Waals surface area (Å²) >= 11 is 0. The maximum absolute atomic E-state index is 11.7. The van der Waals surface area contributed by atoms with E-state index in [4.69, 9.17) is 5.84 Å². The zero-order valence-corrected chi connectivity index (χ0v) is 6.02. The van der Waals surface area contributed by atoms with Crippen LogP contribution >= 0.6 is 0 Å². The van der Waals surface area contributed by atoms with Crippen LogP contribution in [0.25, 0.3) is 0 Å². The van der Waals surface area contributed by atoms with Crippen molar-refractivity contribution >= 4 is 0 Å². The molecule has 0 saturated heterocycles. The highest BCUT2D eigenvalue weighted by molar-refractivity contribution is 5.01. The monoisotopic (exact) mass is 169 g/mol. The molecule has 0 aromatic rings. The predicted octanol–water partition coefficient (Wildman–Crippen LogP) is 0.544. The summed E-state index contributed by atoms with van der Waals surface area (Å²) in [6.45, 7) is 1.89. The molecule has 0 fully saturated rings. The van der Waals surface area contributed by atoms with E-state index in [1.807, 2.05) is 0 Å². The standard InChI is InChI=1S/C5H10F3N3/c1-2-11(10)3-4(9)5(6,7)8/h3H,2,9-10H2,1H3/b4-3-. The highest BCUT2D eigenvalue weighted by Gasteiger charge is 2.31. The number of allylic oxidation sites excluding steroid dienone is 1. The van der Waals surface area contributed by atoms with E-state index in [2.05, 4.69) is 5.73 Å². The summed E-state index contributed by atoms with van der Waals surface area (Å²) in [5.41, 5.74) is 3.45. The molecule has 4 N–H and O–H groups in total. The average molecular weight is 169 g/mol. The second kappa shape index (κ2) is 3.47. The number of rotatable bonds is 2. The molecule has 11 heavy (non-hydrogen) atoms. The van der Waals surface area contributed by atoms with Gasteiger partial charge in [-0.3, -0.25) is 0 Å². The van der Waals surface area contributed by atoms with Gasteiger partial charge in [-0.25, -0.2) is 5.84 Å². The fourth-order valence-corrected chi connectivity index (χ4v) is 0.343. The van der Waals surface area contributed by atoms with Crippen molar-refractivity contribution in [3.63, 3.8) is 0 Å². The van der Waals surface area contributed by atoms with Gasteiger partial charge in [0.1, 0.15) is 5.70 Å². The topological polar surface area (TPSA) is 55.3 Å². The molecule has 0 saturated carbocycles. The van der Waals surface area contributed by atoms with Gasteiger partial charge in [0.15, 0.2) is 0 Å². The van der Waals surface area contributed by atoms with Crippen molar-refractivity contribution in [2.75, 3.05) is 6.54 Å². The second-order valence-electron chi connectivity index (χ2n) is 1.91. The third-order valence-corrected chi connectivity index (χ3v) is 0.997. The Bertz CT molecular complexity index is 152. The summed E-state index contributed by atoms with van der Waals surface area (Å²) in [6, 6.07) is 0. The first kappa shape index (κ1) is 10.1. The highest BCUT2D eigenvalue weighted by atomic mass is 19.4. The predicted molar refractivity (Wildman–Crippen MR) is 34.9 cm³/mol. The molecule has 0 aliphatic rings. The molecule has 0 aliphatic heterocycles. The third kappa shape index (κ3) is 3.72. The van der Waals surface area contributed by atoms with Crippen LogP contribution in [0, 0.1) is 0 Å². The summed E-state index contributed by atoms with van der Waals surface area (Å²) in [5.74, 6) is 5.05. The van der Waals surface area contributed by atoms with Crippen LogP contribution in [0.15, 0.2) is 11.9 Å². The van der Waals surface area contributed by atoms with Crippen molar-refractivity contribution < 1.29 is 13.2 Å². The Morgan fingerprint density at radius 2 is 2.00 bits per heavy atom. The van der Waals surface area contributed by atoms with Gasteiger partial charge in [-0.2, -0.15) is 13.2 Å². The molecule has 66 valence electrons. The van der Waals surface area contributed by atoms with Crippen LogP contribution in [-0.2, 0) is 0 Å². The largest absolute Gasteiger partial charge is 0.432 e. The maximum atomic E-state index is 11.7. The van der Waals surface area contributed by atoms with E-state index in [1.165, 1.54) is 0 Å². The van der Waals surface area contributed by atoms with Crippen LogP contribution in [0.3, 0.4) is 0 Å². The molecule has 6 heteroatoms. The Labute approximate surface area is 62.4 Å². The van der Waals surface area contributed by atoms with Crippen molar-refractivity contribution in [1.82, 2.24) is 5.01 Å². The zero-order valence-electron chi connectivity index (χ0n) is 6.02.